The lowest BCUT2D eigenvalue weighted by molar-refractivity contribution is -0.134. The van der Waals surface area contributed by atoms with E-state index in [1.165, 1.54) is 5.56 Å². The largest absolute Gasteiger partial charge is 0.454 e. The van der Waals surface area contributed by atoms with Crippen LogP contribution in [0.15, 0.2) is 83.3 Å². The van der Waals surface area contributed by atoms with Gasteiger partial charge in [0.25, 0.3) is 5.91 Å². The van der Waals surface area contributed by atoms with Crippen molar-refractivity contribution in [2.45, 2.75) is 44.2 Å². The summed E-state index contributed by atoms with van der Waals surface area (Å²) < 4.78 is 5.83. The Hall–Kier alpha value is -3.38. The van der Waals surface area contributed by atoms with Gasteiger partial charge in [-0.25, -0.2) is 0 Å². The van der Waals surface area contributed by atoms with Crippen LogP contribution in [0.3, 0.4) is 0 Å². The van der Waals surface area contributed by atoms with Crippen molar-refractivity contribution >= 4 is 11.8 Å². The number of carbonyl (C=O) groups excluding carboxylic acids is 2. The Morgan fingerprint density at radius 1 is 0.914 bits per heavy atom. The minimum atomic E-state index is -0.430. The number of nitrogens with one attached hydrogen (secondary N) is 1. The molecule has 184 valence electrons. The van der Waals surface area contributed by atoms with E-state index in [2.05, 4.69) is 17.4 Å². The first-order chi connectivity index (χ1) is 17.1. The maximum absolute atomic E-state index is 13.3. The van der Waals surface area contributed by atoms with E-state index in [0.29, 0.717) is 18.7 Å². The van der Waals surface area contributed by atoms with Crippen molar-refractivity contribution < 1.29 is 14.0 Å². The Morgan fingerprint density at radius 3 is 2.11 bits per heavy atom. The molecule has 0 radical (unpaired) electrons. The fourth-order valence-corrected chi connectivity index (χ4v) is 4.78. The van der Waals surface area contributed by atoms with Gasteiger partial charge in [-0.1, -0.05) is 66.7 Å². The molecule has 0 spiro atoms. The van der Waals surface area contributed by atoms with Gasteiger partial charge < -0.3 is 19.5 Å². The van der Waals surface area contributed by atoms with E-state index in [1.54, 1.807) is 11.0 Å². The lowest BCUT2D eigenvalue weighted by Gasteiger charge is -2.27. The van der Waals surface area contributed by atoms with Crippen LogP contribution in [0.2, 0.25) is 0 Å². The second-order valence-electron chi connectivity index (χ2n) is 9.22. The summed E-state index contributed by atoms with van der Waals surface area (Å²) in [6.45, 7) is 4.09. The van der Waals surface area contributed by atoms with Gasteiger partial charge >= 0.3 is 0 Å². The summed E-state index contributed by atoms with van der Waals surface area (Å²) in [5.74, 6) is 1.05. The Balaban J connectivity index is 0.000000421. The second kappa shape index (κ2) is 11.8. The number of amides is 2. The molecular formula is C29H35N3O3. The maximum Gasteiger partial charge on any atom is 0.290 e. The van der Waals surface area contributed by atoms with Gasteiger partial charge in [-0.05, 0) is 50.9 Å². The molecule has 2 fully saturated rings. The second-order valence-corrected chi connectivity index (χ2v) is 9.22. The third-order valence-electron chi connectivity index (χ3n) is 6.90. The molecule has 2 saturated heterocycles. The van der Waals surface area contributed by atoms with Gasteiger partial charge in [0, 0.05) is 25.6 Å². The van der Waals surface area contributed by atoms with E-state index in [0.717, 1.165) is 31.7 Å². The van der Waals surface area contributed by atoms with E-state index in [1.807, 2.05) is 79.5 Å². The molecule has 0 saturated carbocycles. The number of nitrogens with zero attached hydrogens (tertiary/aromatic N) is 2. The Kier molecular flexibility index (Phi) is 8.37. The normalized spacial score (nSPS) is 20.3. The first-order valence-corrected chi connectivity index (χ1v) is 12.5. The fourth-order valence-electron chi connectivity index (χ4n) is 4.78. The van der Waals surface area contributed by atoms with Crippen LogP contribution < -0.4 is 5.32 Å². The van der Waals surface area contributed by atoms with Crippen molar-refractivity contribution in [3.05, 3.63) is 95.9 Å². The molecule has 2 aliphatic heterocycles. The molecule has 2 unspecified atom stereocenters. The molecule has 2 aliphatic rings. The van der Waals surface area contributed by atoms with E-state index in [4.69, 9.17) is 4.42 Å². The summed E-state index contributed by atoms with van der Waals surface area (Å²) in [6.07, 6.45) is 2.74. The minimum Gasteiger partial charge on any atom is -0.454 e. The number of likely N-dealkylation sites (tertiary alicyclic amines) is 2. The highest BCUT2D eigenvalue weighted by atomic mass is 16.4. The van der Waals surface area contributed by atoms with Gasteiger partial charge in [-0.3, -0.25) is 9.59 Å². The van der Waals surface area contributed by atoms with E-state index >= 15 is 0 Å². The molecule has 6 heteroatoms. The van der Waals surface area contributed by atoms with Crippen LogP contribution >= 0.6 is 0 Å². The number of furan rings is 1. The predicted molar refractivity (Wildman–Crippen MR) is 137 cm³/mol. The number of rotatable bonds is 5. The molecule has 6 nitrogen and oxygen atoms in total. The van der Waals surface area contributed by atoms with Gasteiger partial charge in [-0.2, -0.15) is 0 Å². The van der Waals surface area contributed by atoms with Gasteiger partial charge in [0.05, 0.1) is 6.04 Å². The molecule has 1 N–H and O–H groups in total. The van der Waals surface area contributed by atoms with Crippen LogP contribution in [0.5, 0.6) is 0 Å². The Morgan fingerprint density at radius 2 is 1.51 bits per heavy atom. The lowest BCUT2D eigenvalue weighted by Crippen LogP contribution is -2.46. The number of hydrogen-bond donors (Lipinski definition) is 1. The summed E-state index contributed by atoms with van der Waals surface area (Å²) >= 11 is 0. The molecule has 3 atom stereocenters. The Bertz CT molecular complexity index is 1050. The first-order valence-electron chi connectivity index (χ1n) is 12.5. The predicted octanol–water partition coefficient (Wildman–Crippen LogP) is 4.87. The summed E-state index contributed by atoms with van der Waals surface area (Å²) in [5.41, 5.74) is 1.17. The van der Waals surface area contributed by atoms with Crippen LogP contribution in [0, 0.1) is 0 Å². The Labute approximate surface area is 207 Å². The highest BCUT2D eigenvalue weighted by Gasteiger charge is 2.43. The average molecular weight is 474 g/mol. The molecule has 3 aromatic rings. The smallest absolute Gasteiger partial charge is 0.290 e. The zero-order valence-corrected chi connectivity index (χ0v) is 20.6. The molecule has 3 heterocycles. The van der Waals surface area contributed by atoms with Crippen molar-refractivity contribution in [3.63, 3.8) is 0 Å². The summed E-state index contributed by atoms with van der Waals surface area (Å²) in [5, 5.41) is 3.12. The van der Waals surface area contributed by atoms with Gasteiger partial charge in [0.1, 0.15) is 11.8 Å². The van der Waals surface area contributed by atoms with Crippen molar-refractivity contribution in [2.24, 2.45) is 0 Å². The molecular weight excluding hydrogens is 438 g/mol. The zero-order chi connectivity index (χ0) is 24.6. The third kappa shape index (κ3) is 6.01. The molecule has 0 bridgehead atoms. The van der Waals surface area contributed by atoms with Gasteiger partial charge in [-0.15, -0.1) is 0 Å². The maximum atomic E-state index is 13.3. The lowest BCUT2D eigenvalue weighted by atomic mass is 9.96. The van der Waals surface area contributed by atoms with Crippen LogP contribution in [-0.4, -0.2) is 54.3 Å². The van der Waals surface area contributed by atoms with Gasteiger partial charge in [0.2, 0.25) is 5.91 Å². The number of hydrogen-bond acceptors (Lipinski definition) is 4. The molecule has 2 amide bonds. The van der Waals surface area contributed by atoms with Crippen LogP contribution in [0.25, 0.3) is 0 Å². The van der Waals surface area contributed by atoms with Crippen LogP contribution in [0.1, 0.15) is 60.0 Å². The van der Waals surface area contributed by atoms with Crippen LogP contribution in [0.4, 0.5) is 0 Å². The molecule has 2 aromatic carbocycles. The quantitative estimate of drug-likeness (QED) is 0.574. The van der Waals surface area contributed by atoms with Crippen molar-refractivity contribution in [3.8, 4) is 0 Å². The standard InChI is InChI=1S/C23H29N3O3.C6H6/c1-16(24-2)20-10-11-21(29-20)23(28)26-15-18(17-8-4-3-5-9-17)14-19(26)22(27)25-12-6-7-13-25;1-2-4-6-5-3-1/h3-5,8-11,16,18-19,24H,6-7,12-15H2,1-2H3;1-6H/t16?,18?,19-;/m0./s1. The number of benzene rings is 2. The van der Waals surface area contributed by atoms with Crippen molar-refractivity contribution in [2.75, 3.05) is 26.7 Å². The SMILES string of the molecule is CNC(C)c1ccc(C(=O)N2CC(c3ccccc3)C[C@H]2C(=O)N2CCCC2)o1.c1ccccc1. The van der Waals surface area contributed by atoms with Gasteiger partial charge in [0.15, 0.2) is 5.76 Å². The molecule has 35 heavy (non-hydrogen) atoms. The summed E-state index contributed by atoms with van der Waals surface area (Å²) in [4.78, 5) is 30.2. The zero-order valence-electron chi connectivity index (χ0n) is 20.6. The van der Waals surface area contributed by atoms with E-state index in [-0.39, 0.29) is 23.8 Å². The summed E-state index contributed by atoms with van der Waals surface area (Å²) in [6, 6.07) is 25.3. The van der Waals surface area contributed by atoms with Crippen LogP contribution in [-0.2, 0) is 4.79 Å². The molecule has 0 aliphatic carbocycles. The number of carbonyl (C=O) groups is 2. The van der Waals surface area contributed by atoms with E-state index in [9.17, 15) is 9.59 Å². The van der Waals surface area contributed by atoms with Crippen molar-refractivity contribution in [1.29, 1.82) is 0 Å². The fraction of sp³-hybridized carbons (Fsp3) is 0.379. The monoisotopic (exact) mass is 473 g/mol. The summed E-state index contributed by atoms with van der Waals surface area (Å²) in [7, 11) is 1.85. The molecule has 1 aromatic heterocycles. The topological polar surface area (TPSA) is 65.8 Å². The highest BCUT2D eigenvalue weighted by molar-refractivity contribution is 5.96. The minimum absolute atomic E-state index is 0.0224. The van der Waals surface area contributed by atoms with Crippen molar-refractivity contribution in [1.82, 2.24) is 15.1 Å². The van der Waals surface area contributed by atoms with E-state index < -0.39 is 6.04 Å². The third-order valence-corrected chi connectivity index (χ3v) is 6.90. The first kappa shape index (κ1) is 24.7. The highest BCUT2D eigenvalue weighted by Crippen LogP contribution is 2.34. The molecule has 5 rings (SSSR count). The average Bonchev–Trinajstić information content (AvgIpc) is 3.70.